The van der Waals surface area contributed by atoms with Crippen molar-refractivity contribution in [1.29, 1.82) is 0 Å². The molecule has 2 aromatic rings. The zero-order valence-electron chi connectivity index (χ0n) is 10.9. The summed E-state index contributed by atoms with van der Waals surface area (Å²) in [6.07, 6.45) is 2.81. The molecule has 6 heteroatoms. The summed E-state index contributed by atoms with van der Waals surface area (Å²) in [5.41, 5.74) is 1.69. The van der Waals surface area contributed by atoms with Crippen molar-refractivity contribution in [2.75, 3.05) is 0 Å². The molecule has 100 valence electrons. The van der Waals surface area contributed by atoms with Crippen molar-refractivity contribution in [2.45, 2.75) is 27.2 Å². The summed E-state index contributed by atoms with van der Waals surface area (Å²) in [6.45, 7) is 5.89. The molecule has 0 aliphatic rings. The second-order valence-corrected chi connectivity index (χ2v) is 5.62. The van der Waals surface area contributed by atoms with Crippen LogP contribution in [0.1, 0.15) is 34.9 Å². The molecule has 0 amide bonds. The Morgan fingerprint density at radius 1 is 1.47 bits per heavy atom. The Balaban J connectivity index is 2.63. The normalized spacial score (nSPS) is 10.7. The number of rotatable bonds is 3. The van der Waals surface area contributed by atoms with E-state index in [1.807, 2.05) is 20.8 Å². The van der Waals surface area contributed by atoms with Gasteiger partial charge in [-0.1, -0.05) is 11.6 Å². The van der Waals surface area contributed by atoms with Gasteiger partial charge in [-0.15, -0.1) is 11.3 Å². The van der Waals surface area contributed by atoms with E-state index >= 15 is 0 Å². The largest absolute Gasteiger partial charge is 0.475 e. The molecule has 0 aliphatic heterocycles. The number of allylic oxidation sites excluding steroid dienone is 2. The van der Waals surface area contributed by atoms with Crippen LogP contribution in [0.15, 0.2) is 16.4 Å². The maximum Gasteiger partial charge on any atom is 0.372 e. The lowest BCUT2D eigenvalue weighted by atomic mass is 10.1. The number of carbonyl (C=O) groups is 1. The highest BCUT2D eigenvalue weighted by Gasteiger charge is 2.15. The third-order valence-corrected chi connectivity index (χ3v) is 4.01. The maximum atomic E-state index is 11.9. The molecule has 19 heavy (non-hydrogen) atoms. The summed E-state index contributed by atoms with van der Waals surface area (Å²) in [4.78, 5) is 30.6. The van der Waals surface area contributed by atoms with Gasteiger partial charge in [-0.2, -0.15) is 0 Å². The van der Waals surface area contributed by atoms with Crippen molar-refractivity contribution in [3.8, 4) is 0 Å². The summed E-state index contributed by atoms with van der Waals surface area (Å²) in [7, 11) is 0. The van der Waals surface area contributed by atoms with Gasteiger partial charge in [0.05, 0.1) is 5.39 Å². The number of hydrogen-bond acceptors (Lipinski definition) is 4. The molecule has 2 heterocycles. The monoisotopic (exact) mass is 278 g/mol. The average molecular weight is 278 g/mol. The molecule has 2 aromatic heterocycles. The lowest BCUT2D eigenvalue weighted by Crippen LogP contribution is -2.15. The van der Waals surface area contributed by atoms with Crippen molar-refractivity contribution in [1.82, 2.24) is 9.97 Å². The van der Waals surface area contributed by atoms with Gasteiger partial charge in [-0.3, -0.25) is 4.79 Å². The van der Waals surface area contributed by atoms with E-state index in [9.17, 15) is 9.59 Å². The number of fused-ring (bicyclic) bond motifs is 1. The number of aromatic amines is 1. The van der Waals surface area contributed by atoms with E-state index in [0.29, 0.717) is 10.2 Å². The lowest BCUT2D eigenvalue weighted by molar-refractivity contribution is 0.0683. The number of H-pyrrole nitrogens is 1. The number of aryl methyl sites for hydroxylation is 1. The minimum absolute atomic E-state index is 0.312. The van der Waals surface area contributed by atoms with Crippen LogP contribution in [0.25, 0.3) is 10.2 Å². The number of nitrogens with zero attached hydrogens (tertiary/aromatic N) is 1. The van der Waals surface area contributed by atoms with Crippen LogP contribution in [-0.4, -0.2) is 21.0 Å². The first kappa shape index (κ1) is 13.5. The number of hydrogen-bond donors (Lipinski definition) is 2. The molecule has 0 fully saturated rings. The van der Waals surface area contributed by atoms with E-state index in [2.05, 4.69) is 16.0 Å². The van der Waals surface area contributed by atoms with Crippen molar-refractivity contribution in [2.24, 2.45) is 0 Å². The van der Waals surface area contributed by atoms with Crippen LogP contribution < -0.4 is 5.56 Å². The molecule has 2 rings (SSSR count). The molecule has 5 nitrogen and oxygen atoms in total. The predicted octanol–water partition coefficient (Wildman–Crippen LogP) is 2.50. The first-order valence-corrected chi connectivity index (χ1v) is 6.60. The van der Waals surface area contributed by atoms with Crippen LogP contribution in [0.2, 0.25) is 0 Å². The van der Waals surface area contributed by atoms with E-state index in [1.165, 1.54) is 16.9 Å². The van der Waals surface area contributed by atoms with Gasteiger partial charge in [0.15, 0.2) is 0 Å². The van der Waals surface area contributed by atoms with Gasteiger partial charge in [0.1, 0.15) is 4.83 Å². The number of nitrogens with one attached hydrogen (secondary N) is 1. The Hall–Kier alpha value is -1.95. The van der Waals surface area contributed by atoms with E-state index in [4.69, 9.17) is 5.11 Å². The second kappa shape index (κ2) is 4.97. The fourth-order valence-electron chi connectivity index (χ4n) is 1.78. The third kappa shape index (κ3) is 2.58. The van der Waals surface area contributed by atoms with Gasteiger partial charge >= 0.3 is 5.97 Å². The summed E-state index contributed by atoms with van der Waals surface area (Å²) in [5, 5.41) is 9.38. The van der Waals surface area contributed by atoms with E-state index in [-0.39, 0.29) is 11.4 Å². The fraction of sp³-hybridized carbons (Fsp3) is 0.308. The quantitative estimate of drug-likeness (QED) is 0.845. The Labute approximate surface area is 113 Å². The summed E-state index contributed by atoms with van der Waals surface area (Å²) >= 11 is 1.37. The van der Waals surface area contributed by atoms with Gasteiger partial charge in [0.25, 0.3) is 5.56 Å². The topological polar surface area (TPSA) is 83.0 Å². The fourth-order valence-corrected chi connectivity index (χ4v) is 2.92. The number of aromatic carboxylic acids is 1. The van der Waals surface area contributed by atoms with E-state index < -0.39 is 5.97 Å². The number of carboxylic acids is 1. The van der Waals surface area contributed by atoms with Gasteiger partial charge in [-0.25, -0.2) is 9.78 Å². The average Bonchev–Trinajstić information content (AvgIpc) is 2.63. The zero-order chi connectivity index (χ0) is 14.2. The molecule has 0 unspecified atom stereocenters. The standard InChI is InChI=1S/C13H14N2O3S/c1-6(2)4-5-8-7(3)9-11(16)14-10(13(17)18)15-12(9)19-8/h4H,5H2,1-3H3,(H,17,18)(H,14,15,16). The molecular weight excluding hydrogens is 264 g/mol. The minimum Gasteiger partial charge on any atom is -0.475 e. The van der Waals surface area contributed by atoms with Gasteiger partial charge in [0, 0.05) is 11.3 Å². The number of carboxylic acid groups (broad SMARTS) is 1. The third-order valence-electron chi connectivity index (χ3n) is 2.80. The van der Waals surface area contributed by atoms with Crippen LogP contribution in [0, 0.1) is 6.92 Å². The van der Waals surface area contributed by atoms with Gasteiger partial charge < -0.3 is 10.1 Å². The molecule has 0 aromatic carbocycles. The molecule has 0 radical (unpaired) electrons. The van der Waals surface area contributed by atoms with Crippen LogP contribution in [0.4, 0.5) is 0 Å². The first-order valence-electron chi connectivity index (χ1n) is 5.79. The van der Waals surface area contributed by atoms with Crippen molar-refractivity contribution >= 4 is 27.5 Å². The summed E-state index contributed by atoms with van der Waals surface area (Å²) in [6, 6.07) is 0. The second-order valence-electron chi connectivity index (χ2n) is 4.54. The molecule has 0 atom stereocenters. The molecule has 0 spiro atoms. The summed E-state index contributed by atoms with van der Waals surface area (Å²) < 4.78 is 0. The van der Waals surface area contributed by atoms with Crippen molar-refractivity contribution in [3.63, 3.8) is 0 Å². The first-order chi connectivity index (χ1) is 8.90. The Bertz CT molecular complexity index is 736. The highest BCUT2D eigenvalue weighted by atomic mass is 32.1. The molecule has 0 aliphatic carbocycles. The lowest BCUT2D eigenvalue weighted by Gasteiger charge is -1.95. The SMILES string of the molecule is CC(C)=CCc1sc2nc(C(=O)O)[nH]c(=O)c2c1C. The van der Waals surface area contributed by atoms with Gasteiger partial charge in [-0.05, 0) is 26.3 Å². The maximum absolute atomic E-state index is 11.9. The molecule has 0 saturated carbocycles. The highest BCUT2D eigenvalue weighted by molar-refractivity contribution is 7.18. The Kier molecular flexibility index (Phi) is 3.53. The molecule has 0 bridgehead atoms. The molecule has 0 saturated heterocycles. The van der Waals surface area contributed by atoms with E-state index in [0.717, 1.165) is 16.9 Å². The van der Waals surface area contributed by atoms with Crippen LogP contribution in [0.3, 0.4) is 0 Å². The van der Waals surface area contributed by atoms with E-state index in [1.54, 1.807) is 0 Å². The molecular formula is C13H14N2O3S. The number of aromatic nitrogens is 2. The smallest absolute Gasteiger partial charge is 0.372 e. The molecule has 2 N–H and O–H groups in total. The van der Waals surface area contributed by atoms with Crippen LogP contribution in [-0.2, 0) is 6.42 Å². The van der Waals surface area contributed by atoms with Crippen molar-refractivity contribution in [3.05, 3.63) is 38.3 Å². The minimum atomic E-state index is -1.23. The van der Waals surface area contributed by atoms with Gasteiger partial charge in [0.2, 0.25) is 5.82 Å². The zero-order valence-corrected chi connectivity index (χ0v) is 11.7. The van der Waals surface area contributed by atoms with Crippen molar-refractivity contribution < 1.29 is 9.90 Å². The number of thiophene rings is 1. The van der Waals surface area contributed by atoms with Crippen LogP contribution >= 0.6 is 11.3 Å². The summed E-state index contributed by atoms with van der Waals surface area (Å²) in [5.74, 6) is -1.54. The predicted molar refractivity (Wildman–Crippen MR) is 75.1 cm³/mol. The highest BCUT2D eigenvalue weighted by Crippen LogP contribution is 2.27. The Morgan fingerprint density at radius 3 is 2.74 bits per heavy atom. The van der Waals surface area contributed by atoms with Crippen LogP contribution in [0.5, 0.6) is 0 Å². The Morgan fingerprint density at radius 2 is 2.16 bits per heavy atom.